The molecule has 0 saturated carbocycles. The average Bonchev–Trinajstić information content (AvgIpc) is 3.02. The predicted molar refractivity (Wildman–Crippen MR) is 174 cm³/mol. The maximum absolute atomic E-state index is 2.55. The SMILES string of the molecule is Cc1ccc(N(c2ccc(C)cc2)c2ccc([Si](c3ccccc3)(c3ccccc3)c3ccccc3)cc2)cc1. The van der Waals surface area contributed by atoms with E-state index in [-0.39, 0.29) is 0 Å². The van der Waals surface area contributed by atoms with Gasteiger partial charge in [-0.1, -0.05) is 139 Å². The number of anilines is 3. The molecule has 0 aliphatic carbocycles. The third-order valence-electron chi connectivity index (χ3n) is 7.76. The maximum Gasteiger partial charge on any atom is 0.179 e. The van der Waals surface area contributed by atoms with E-state index in [1.54, 1.807) is 0 Å². The van der Waals surface area contributed by atoms with Crippen LogP contribution in [-0.2, 0) is 0 Å². The Morgan fingerprint density at radius 2 is 0.600 bits per heavy atom. The largest absolute Gasteiger partial charge is 0.311 e. The van der Waals surface area contributed by atoms with E-state index in [0.29, 0.717) is 0 Å². The van der Waals surface area contributed by atoms with E-state index in [1.807, 2.05) is 0 Å². The normalized spacial score (nSPS) is 11.2. The van der Waals surface area contributed by atoms with Crippen LogP contribution in [-0.4, -0.2) is 8.07 Å². The highest BCUT2D eigenvalue weighted by Gasteiger charge is 2.41. The lowest BCUT2D eigenvalue weighted by molar-refractivity contribution is 1.27. The highest BCUT2D eigenvalue weighted by atomic mass is 28.3. The highest BCUT2D eigenvalue weighted by Crippen LogP contribution is 2.34. The fraction of sp³-hybridized carbons (Fsp3) is 0.0526. The van der Waals surface area contributed by atoms with Gasteiger partial charge >= 0.3 is 0 Å². The minimum atomic E-state index is -2.55. The fourth-order valence-electron chi connectivity index (χ4n) is 5.76. The van der Waals surface area contributed by atoms with Crippen molar-refractivity contribution < 1.29 is 0 Å². The van der Waals surface area contributed by atoms with Crippen LogP contribution >= 0.6 is 0 Å². The van der Waals surface area contributed by atoms with Gasteiger partial charge in [-0.15, -0.1) is 0 Å². The number of hydrogen-bond acceptors (Lipinski definition) is 1. The Morgan fingerprint density at radius 3 is 0.925 bits per heavy atom. The first-order chi connectivity index (χ1) is 19.7. The number of aryl methyl sites for hydroxylation is 2. The molecular formula is C38H33NSi. The lowest BCUT2D eigenvalue weighted by atomic mass is 10.1. The van der Waals surface area contributed by atoms with Crippen LogP contribution in [0.3, 0.4) is 0 Å². The molecule has 0 bridgehead atoms. The molecule has 194 valence electrons. The van der Waals surface area contributed by atoms with Gasteiger partial charge in [0, 0.05) is 17.1 Å². The van der Waals surface area contributed by atoms with Crippen molar-refractivity contribution in [2.45, 2.75) is 13.8 Å². The van der Waals surface area contributed by atoms with Crippen molar-refractivity contribution in [2.24, 2.45) is 0 Å². The molecule has 1 nitrogen and oxygen atoms in total. The lowest BCUT2D eigenvalue weighted by Gasteiger charge is -2.35. The molecule has 6 rings (SSSR count). The zero-order valence-electron chi connectivity index (χ0n) is 23.0. The molecule has 0 N–H and O–H groups in total. The third kappa shape index (κ3) is 4.79. The summed E-state index contributed by atoms with van der Waals surface area (Å²) < 4.78 is 0. The van der Waals surface area contributed by atoms with E-state index < -0.39 is 8.07 Å². The van der Waals surface area contributed by atoms with Gasteiger partial charge in [0.05, 0.1) is 0 Å². The first kappa shape index (κ1) is 25.6. The molecule has 0 spiro atoms. The summed E-state index contributed by atoms with van der Waals surface area (Å²) in [7, 11) is -2.55. The summed E-state index contributed by atoms with van der Waals surface area (Å²) in [4.78, 5) is 2.35. The van der Waals surface area contributed by atoms with Gasteiger partial charge in [-0.25, -0.2) is 0 Å². The molecular weight excluding hydrogens is 499 g/mol. The van der Waals surface area contributed by atoms with Gasteiger partial charge in [-0.05, 0) is 71.0 Å². The van der Waals surface area contributed by atoms with Gasteiger partial charge in [0.2, 0.25) is 0 Å². The van der Waals surface area contributed by atoms with E-state index in [0.717, 1.165) is 17.1 Å². The van der Waals surface area contributed by atoms with E-state index in [1.165, 1.54) is 31.9 Å². The third-order valence-corrected chi connectivity index (χ3v) is 12.6. The minimum Gasteiger partial charge on any atom is -0.311 e. The topological polar surface area (TPSA) is 3.24 Å². The Hall–Kier alpha value is -4.66. The molecule has 0 radical (unpaired) electrons. The molecule has 40 heavy (non-hydrogen) atoms. The fourth-order valence-corrected chi connectivity index (χ4v) is 10.5. The van der Waals surface area contributed by atoms with E-state index in [4.69, 9.17) is 0 Å². The maximum atomic E-state index is 2.37. The summed E-state index contributed by atoms with van der Waals surface area (Å²) in [6, 6.07) is 60.1. The molecule has 0 fully saturated rings. The van der Waals surface area contributed by atoms with Crippen LogP contribution in [0.2, 0.25) is 0 Å². The monoisotopic (exact) mass is 531 g/mol. The van der Waals surface area contributed by atoms with Crippen molar-refractivity contribution in [3.05, 3.63) is 175 Å². The molecule has 2 heteroatoms. The summed E-state index contributed by atoms with van der Waals surface area (Å²) in [5.41, 5.74) is 5.97. The van der Waals surface area contributed by atoms with Crippen molar-refractivity contribution in [1.29, 1.82) is 0 Å². The average molecular weight is 532 g/mol. The van der Waals surface area contributed by atoms with Crippen molar-refractivity contribution in [2.75, 3.05) is 4.90 Å². The first-order valence-electron chi connectivity index (χ1n) is 13.9. The Labute approximate surface area is 239 Å². The molecule has 0 heterocycles. The van der Waals surface area contributed by atoms with Crippen LogP contribution in [0.15, 0.2) is 164 Å². The van der Waals surface area contributed by atoms with Crippen LogP contribution in [0.25, 0.3) is 0 Å². The zero-order valence-corrected chi connectivity index (χ0v) is 24.0. The molecule has 6 aromatic rings. The standard InChI is InChI=1S/C38H33NSi/c1-30-18-22-32(23-19-30)39(33-24-20-31(2)21-25-33)34-26-28-38(29-27-34)40(35-12-6-3-7-13-35,36-14-8-4-9-15-36)37-16-10-5-11-17-37/h3-29H,1-2H3. The van der Waals surface area contributed by atoms with Crippen LogP contribution in [0.5, 0.6) is 0 Å². The van der Waals surface area contributed by atoms with Gasteiger partial charge in [0.25, 0.3) is 0 Å². The van der Waals surface area contributed by atoms with Crippen molar-refractivity contribution in [1.82, 2.24) is 0 Å². The van der Waals surface area contributed by atoms with Gasteiger partial charge in [-0.3, -0.25) is 0 Å². The number of nitrogens with zero attached hydrogens (tertiary/aromatic N) is 1. The molecule has 0 aliphatic heterocycles. The minimum absolute atomic E-state index is 1.15. The molecule has 0 aromatic heterocycles. The molecule has 0 saturated heterocycles. The second-order valence-corrected chi connectivity index (χ2v) is 14.2. The lowest BCUT2D eigenvalue weighted by Crippen LogP contribution is -2.74. The van der Waals surface area contributed by atoms with Gasteiger partial charge in [-0.2, -0.15) is 0 Å². The summed E-state index contributed by atoms with van der Waals surface area (Å²) in [6.07, 6.45) is 0. The van der Waals surface area contributed by atoms with Crippen LogP contribution < -0.4 is 25.6 Å². The quantitative estimate of drug-likeness (QED) is 0.156. The Bertz CT molecular complexity index is 1520. The van der Waals surface area contributed by atoms with Crippen molar-refractivity contribution in [3.63, 3.8) is 0 Å². The van der Waals surface area contributed by atoms with Gasteiger partial charge in [0.15, 0.2) is 8.07 Å². The second kappa shape index (κ2) is 11.2. The predicted octanol–water partition coefficient (Wildman–Crippen LogP) is 7.15. The second-order valence-electron chi connectivity index (χ2n) is 10.4. The van der Waals surface area contributed by atoms with Gasteiger partial charge < -0.3 is 4.90 Å². The summed E-state index contributed by atoms with van der Waals surface area (Å²) >= 11 is 0. The van der Waals surface area contributed by atoms with E-state index >= 15 is 0 Å². The molecule has 0 amide bonds. The summed E-state index contributed by atoms with van der Waals surface area (Å²) in [5, 5.41) is 5.52. The summed E-state index contributed by atoms with van der Waals surface area (Å²) in [6.45, 7) is 4.27. The molecule has 6 aromatic carbocycles. The molecule has 0 unspecified atom stereocenters. The van der Waals surface area contributed by atoms with Crippen LogP contribution in [0.1, 0.15) is 11.1 Å². The zero-order chi connectivity index (χ0) is 27.4. The first-order valence-corrected chi connectivity index (χ1v) is 15.9. The van der Waals surface area contributed by atoms with Crippen molar-refractivity contribution >= 4 is 45.9 Å². The number of benzene rings is 6. The Balaban J connectivity index is 1.55. The number of rotatable bonds is 7. The van der Waals surface area contributed by atoms with Gasteiger partial charge in [0.1, 0.15) is 0 Å². The Kier molecular flexibility index (Phi) is 7.18. The van der Waals surface area contributed by atoms with Crippen LogP contribution in [0, 0.1) is 13.8 Å². The van der Waals surface area contributed by atoms with E-state index in [9.17, 15) is 0 Å². The Morgan fingerprint density at radius 1 is 0.325 bits per heavy atom. The van der Waals surface area contributed by atoms with E-state index in [2.05, 4.69) is 183 Å². The number of hydrogen-bond donors (Lipinski definition) is 0. The highest BCUT2D eigenvalue weighted by molar-refractivity contribution is 7.19. The van der Waals surface area contributed by atoms with Crippen molar-refractivity contribution in [3.8, 4) is 0 Å². The van der Waals surface area contributed by atoms with Crippen LogP contribution in [0.4, 0.5) is 17.1 Å². The summed E-state index contributed by atoms with van der Waals surface area (Å²) in [5.74, 6) is 0. The molecule has 0 atom stereocenters. The molecule has 0 aliphatic rings. The smallest absolute Gasteiger partial charge is 0.179 e.